The molecule has 4 heteroatoms. The monoisotopic (exact) mass is 679 g/mol. The third kappa shape index (κ3) is 4.30. The van der Waals surface area contributed by atoms with Gasteiger partial charge in [-0.1, -0.05) is 159 Å². The zero-order chi connectivity index (χ0) is 35.3. The Hall–Kier alpha value is -6.78. The molecule has 250 valence electrons. The minimum absolute atomic E-state index is 0.349. The average molecular weight is 680 g/mol. The Balaban J connectivity index is 1.26. The fraction of sp³-hybridized carbons (Fsp3) is 0.0612. The number of nitrogens with zero attached hydrogens (tertiary/aromatic N) is 3. The van der Waals surface area contributed by atoms with Crippen molar-refractivity contribution in [2.45, 2.75) is 19.3 Å². The molecular weight excluding hydrogens is 647 g/mol. The van der Waals surface area contributed by atoms with E-state index in [0.29, 0.717) is 5.95 Å². The van der Waals surface area contributed by atoms with Crippen LogP contribution in [0.5, 0.6) is 0 Å². The molecule has 0 spiro atoms. The molecule has 1 aliphatic rings. The molecule has 0 amide bonds. The molecule has 53 heavy (non-hydrogen) atoms. The second-order valence-electron chi connectivity index (χ2n) is 14.5. The highest BCUT2D eigenvalue weighted by Gasteiger charge is 2.42. The van der Waals surface area contributed by atoms with Gasteiger partial charge in [-0.25, -0.2) is 9.97 Å². The molecule has 2 aromatic heterocycles. The molecule has 0 saturated carbocycles. The maximum Gasteiger partial charge on any atom is 0.235 e. The van der Waals surface area contributed by atoms with Gasteiger partial charge in [0.25, 0.3) is 0 Å². The smallest absolute Gasteiger partial charge is 0.235 e. The second-order valence-corrected chi connectivity index (χ2v) is 14.5. The number of aromatic nitrogens is 2. The number of para-hydroxylation sites is 2. The van der Waals surface area contributed by atoms with Crippen molar-refractivity contribution in [1.82, 2.24) is 9.97 Å². The maximum absolute atomic E-state index is 6.94. The van der Waals surface area contributed by atoms with E-state index in [9.17, 15) is 0 Å². The minimum Gasteiger partial charge on any atom is -0.454 e. The van der Waals surface area contributed by atoms with Crippen LogP contribution in [0.25, 0.3) is 76.8 Å². The van der Waals surface area contributed by atoms with Gasteiger partial charge >= 0.3 is 0 Å². The summed E-state index contributed by atoms with van der Waals surface area (Å²) < 4.78 is 6.94. The zero-order valence-corrected chi connectivity index (χ0v) is 29.3. The van der Waals surface area contributed by atoms with Crippen molar-refractivity contribution in [3.8, 4) is 22.4 Å². The second kappa shape index (κ2) is 11.1. The van der Waals surface area contributed by atoms with E-state index < -0.39 is 0 Å². The van der Waals surface area contributed by atoms with Gasteiger partial charge in [0.05, 0.1) is 22.6 Å². The summed E-state index contributed by atoms with van der Waals surface area (Å²) in [5.74, 6) is 0.608. The van der Waals surface area contributed by atoms with E-state index in [1.165, 1.54) is 27.5 Å². The third-order valence-corrected chi connectivity index (χ3v) is 11.2. The Morgan fingerprint density at radius 2 is 1.15 bits per heavy atom. The van der Waals surface area contributed by atoms with Crippen LogP contribution in [0, 0.1) is 0 Å². The van der Waals surface area contributed by atoms with E-state index in [0.717, 1.165) is 71.8 Å². The number of rotatable bonds is 3. The van der Waals surface area contributed by atoms with Crippen molar-refractivity contribution < 1.29 is 4.42 Å². The van der Waals surface area contributed by atoms with Gasteiger partial charge in [-0.05, 0) is 62.0 Å². The molecule has 0 fully saturated rings. The number of furan rings is 1. The lowest BCUT2D eigenvalue weighted by atomic mass is 9.71. The van der Waals surface area contributed by atoms with Crippen LogP contribution in [0.1, 0.15) is 25.0 Å². The number of hydrogen-bond donors (Lipinski definition) is 0. The van der Waals surface area contributed by atoms with E-state index in [2.05, 4.69) is 176 Å². The van der Waals surface area contributed by atoms with Crippen LogP contribution in [0.3, 0.4) is 0 Å². The molecule has 4 nitrogen and oxygen atoms in total. The molecule has 0 saturated heterocycles. The summed E-state index contributed by atoms with van der Waals surface area (Å²) in [5.41, 5.74) is 11.0. The highest BCUT2D eigenvalue weighted by Crippen LogP contribution is 2.57. The fourth-order valence-electron chi connectivity index (χ4n) is 8.80. The van der Waals surface area contributed by atoms with E-state index in [4.69, 9.17) is 14.4 Å². The Morgan fingerprint density at radius 1 is 0.509 bits per heavy atom. The first-order valence-corrected chi connectivity index (χ1v) is 18.2. The number of anilines is 3. The standard InChI is InChI=1S/C49H33N3O/c1-49(2)38-21-11-12-22-40(38)52(46-44(49)36-19-9-8-18-35(36)42-37-20-10-13-23-41(37)53-47(42)46)48-50-39-29-28-32-16-6-7-17-34(32)43(39)45(51-48)33-26-24-31(25-27-33)30-14-4-3-5-15-30/h3-29H,1-2H3. The van der Waals surface area contributed by atoms with Crippen molar-refractivity contribution in [3.63, 3.8) is 0 Å². The molecule has 8 aromatic carbocycles. The van der Waals surface area contributed by atoms with Crippen LogP contribution in [0.2, 0.25) is 0 Å². The van der Waals surface area contributed by atoms with Gasteiger partial charge in [0.15, 0.2) is 5.58 Å². The Labute approximate surface area is 306 Å². The van der Waals surface area contributed by atoms with Gasteiger partial charge in [-0.2, -0.15) is 0 Å². The summed E-state index contributed by atoms with van der Waals surface area (Å²) in [7, 11) is 0. The summed E-state index contributed by atoms with van der Waals surface area (Å²) in [6.45, 7) is 4.66. The number of fused-ring (bicyclic) bond motifs is 12. The van der Waals surface area contributed by atoms with E-state index in [-0.39, 0.29) is 5.41 Å². The van der Waals surface area contributed by atoms with E-state index in [1.807, 2.05) is 6.07 Å². The highest BCUT2D eigenvalue weighted by molar-refractivity contribution is 6.25. The summed E-state index contributed by atoms with van der Waals surface area (Å²) in [4.78, 5) is 13.3. The molecule has 0 unspecified atom stereocenters. The van der Waals surface area contributed by atoms with Crippen LogP contribution in [0.4, 0.5) is 17.3 Å². The Kier molecular flexibility index (Phi) is 6.27. The SMILES string of the molecule is CC1(C)c2ccccc2N(c2nc(-c3ccc(-c4ccccc4)cc3)c3c(ccc4ccccc43)n2)c2c1c1ccccc1c1c2oc2ccccc21. The van der Waals surface area contributed by atoms with Crippen molar-refractivity contribution in [2.75, 3.05) is 4.90 Å². The predicted molar refractivity (Wildman–Crippen MR) is 220 cm³/mol. The van der Waals surface area contributed by atoms with Gasteiger partial charge in [0.2, 0.25) is 5.95 Å². The summed E-state index contributed by atoms with van der Waals surface area (Å²) in [6, 6.07) is 58.0. The number of benzene rings is 8. The lowest BCUT2D eigenvalue weighted by molar-refractivity contribution is 0.628. The lowest BCUT2D eigenvalue weighted by Crippen LogP contribution is -2.32. The summed E-state index contributed by atoms with van der Waals surface area (Å²) in [6.07, 6.45) is 0. The third-order valence-electron chi connectivity index (χ3n) is 11.2. The largest absolute Gasteiger partial charge is 0.454 e. The van der Waals surface area contributed by atoms with Crippen LogP contribution < -0.4 is 4.90 Å². The van der Waals surface area contributed by atoms with Crippen molar-refractivity contribution >= 4 is 71.7 Å². The van der Waals surface area contributed by atoms with Crippen LogP contribution in [-0.4, -0.2) is 9.97 Å². The molecule has 10 aromatic rings. The molecule has 0 bridgehead atoms. The van der Waals surface area contributed by atoms with Crippen molar-refractivity contribution in [2.24, 2.45) is 0 Å². The molecular formula is C49H33N3O. The van der Waals surface area contributed by atoms with Gasteiger partial charge < -0.3 is 4.42 Å². The zero-order valence-electron chi connectivity index (χ0n) is 29.3. The first-order chi connectivity index (χ1) is 26.1. The Bertz CT molecular complexity index is 3090. The lowest BCUT2D eigenvalue weighted by Gasteiger charge is -2.41. The van der Waals surface area contributed by atoms with Crippen molar-refractivity contribution in [1.29, 1.82) is 0 Å². The molecule has 11 rings (SSSR count). The molecule has 1 aliphatic heterocycles. The van der Waals surface area contributed by atoms with Gasteiger partial charge in [0.1, 0.15) is 5.58 Å². The van der Waals surface area contributed by atoms with E-state index >= 15 is 0 Å². The highest BCUT2D eigenvalue weighted by atomic mass is 16.3. The number of hydrogen-bond acceptors (Lipinski definition) is 4. The Morgan fingerprint density at radius 3 is 1.98 bits per heavy atom. The predicted octanol–water partition coefficient (Wildman–Crippen LogP) is 13.3. The average Bonchev–Trinajstić information content (AvgIpc) is 3.61. The van der Waals surface area contributed by atoms with Crippen LogP contribution >= 0.6 is 0 Å². The first-order valence-electron chi connectivity index (χ1n) is 18.2. The quantitative estimate of drug-likeness (QED) is 0.174. The molecule has 0 atom stereocenters. The molecule has 3 heterocycles. The van der Waals surface area contributed by atoms with E-state index in [1.54, 1.807) is 0 Å². The van der Waals surface area contributed by atoms with Crippen molar-refractivity contribution in [3.05, 3.63) is 175 Å². The molecule has 0 radical (unpaired) electrons. The normalized spacial score (nSPS) is 13.6. The fourth-order valence-corrected chi connectivity index (χ4v) is 8.80. The molecule has 0 N–H and O–H groups in total. The maximum atomic E-state index is 6.94. The topological polar surface area (TPSA) is 42.2 Å². The molecule has 0 aliphatic carbocycles. The first kappa shape index (κ1) is 29.9. The minimum atomic E-state index is -0.349. The summed E-state index contributed by atoms with van der Waals surface area (Å²) >= 11 is 0. The summed E-state index contributed by atoms with van der Waals surface area (Å²) in [5, 5.41) is 7.92. The van der Waals surface area contributed by atoms with Crippen LogP contribution in [-0.2, 0) is 5.41 Å². The van der Waals surface area contributed by atoms with Gasteiger partial charge in [0, 0.05) is 27.1 Å². The van der Waals surface area contributed by atoms with Crippen LogP contribution in [0.15, 0.2) is 168 Å². The van der Waals surface area contributed by atoms with Gasteiger partial charge in [-0.3, -0.25) is 4.90 Å². The van der Waals surface area contributed by atoms with Gasteiger partial charge in [-0.15, -0.1) is 0 Å².